The Kier molecular flexibility index (Phi) is 3.60. The number of hydrogen-bond donors (Lipinski definition) is 0. The molecular formula is C15H14F2O. The highest BCUT2D eigenvalue weighted by Gasteiger charge is 2.05. The van der Waals surface area contributed by atoms with Gasteiger partial charge in [-0.2, -0.15) is 0 Å². The summed E-state index contributed by atoms with van der Waals surface area (Å²) in [5.74, 6) is -0.479. The molecule has 1 nitrogen and oxygen atoms in total. The van der Waals surface area contributed by atoms with E-state index in [1.54, 1.807) is 18.2 Å². The first-order valence-corrected chi connectivity index (χ1v) is 5.78. The van der Waals surface area contributed by atoms with Crippen molar-refractivity contribution in [3.05, 3.63) is 54.1 Å². The molecule has 0 amide bonds. The maximum Gasteiger partial charge on any atom is 0.126 e. The van der Waals surface area contributed by atoms with Gasteiger partial charge in [0.05, 0.1) is 6.10 Å². The lowest BCUT2D eigenvalue weighted by atomic mass is 10.1. The van der Waals surface area contributed by atoms with E-state index in [2.05, 4.69) is 0 Å². The largest absolute Gasteiger partial charge is 0.491 e. The zero-order valence-corrected chi connectivity index (χ0v) is 10.3. The van der Waals surface area contributed by atoms with E-state index in [0.29, 0.717) is 11.3 Å². The lowest BCUT2D eigenvalue weighted by Crippen LogP contribution is -2.05. The highest BCUT2D eigenvalue weighted by atomic mass is 19.1. The smallest absolute Gasteiger partial charge is 0.126 e. The summed E-state index contributed by atoms with van der Waals surface area (Å²) < 4.78 is 31.9. The van der Waals surface area contributed by atoms with E-state index in [0.717, 1.165) is 11.6 Å². The van der Waals surface area contributed by atoms with Crippen LogP contribution in [-0.2, 0) is 0 Å². The molecule has 0 radical (unpaired) electrons. The Hall–Kier alpha value is -1.90. The monoisotopic (exact) mass is 248 g/mol. The summed E-state index contributed by atoms with van der Waals surface area (Å²) in [6.07, 6.45) is 0.0597. The van der Waals surface area contributed by atoms with Gasteiger partial charge in [0.1, 0.15) is 17.4 Å². The van der Waals surface area contributed by atoms with Gasteiger partial charge in [0.25, 0.3) is 0 Å². The van der Waals surface area contributed by atoms with Gasteiger partial charge in [0.15, 0.2) is 0 Å². The fourth-order valence-corrected chi connectivity index (χ4v) is 1.74. The van der Waals surface area contributed by atoms with Crippen LogP contribution in [-0.4, -0.2) is 6.10 Å². The number of halogens is 2. The van der Waals surface area contributed by atoms with E-state index in [9.17, 15) is 8.78 Å². The second-order valence-corrected chi connectivity index (χ2v) is 4.35. The van der Waals surface area contributed by atoms with Gasteiger partial charge in [-0.05, 0) is 49.2 Å². The second-order valence-electron chi connectivity index (χ2n) is 4.35. The predicted octanol–water partition coefficient (Wildman–Crippen LogP) is 4.42. The third-order valence-corrected chi connectivity index (χ3v) is 2.40. The number of hydrogen-bond acceptors (Lipinski definition) is 1. The number of rotatable bonds is 3. The van der Waals surface area contributed by atoms with Gasteiger partial charge in [-0.25, -0.2) is 8.78 Å². The summed E-state index contributed by atoms with van der Waals surface area (Å²) in [5, 5.41) is 0. The van der Waals surface area contributed by atoms with Crippen LogP contribution in [0.2, 0.25) is 0 Å². The van der Waals surface area contributed by atoms with E-state index in [1.165, 1.54) is 12.1 Å². The van der Waals surface area contributed by atoms with Crippen molar-refractivity contribution in [3.8, 4) is 16.9 Å². The van der Waals surface area contributed by atoms with Gasteiger partial charge in [0, 0.05) is 6.07 Å². The summed E-state index contributed by atoms with van der Waals surface area (Å²) in [6, 6.07) is 10.7. The average molecular weight is 248 g/mol. The molecule has 3 heteroatoms. The van der Waals surface area contributed by atoms with Gasteiger partial charge in [0.2, 0.25) is 0 Å². The number of benzene rings is 2. The van der Waals surface area contributed by atoms with Crippen LogP contribution >= 0.6 is 0 Å². The van der Waals surface area contributed by atoms with Gasteiger partial charge >= 0.3 is 0 Å². The van der Waals surface area contributed by atoms with E-state index < -0.39 is 11.6 Å². The number of ether oxygens (including phenoxy) is 1. The van der Waals surface area contributed by atoms with Crippen LogP contribution in [0.4, 0.5) is 8.78 Å². The molecule has 0 unspecified atom stereocenters. The summed E-state index contributed by atoms with van der Waals surface area (Å²) in [5.41, 5.74) is 1.23. The van der Waals surface area contributed by atoms with Crippen LogP contribution in [0.15, 0.2) is 42.5 Å². The van der Waals surface area contributed by atoms with Crippen molar-refractivity contribution < 1.29 is 13.5 Å². The normalized spacial score (nSPS) is 10.7. The fraction of sp³-hybridized carbons (Fsp3) is 0.200. The van der Waals surface area contributed by atoms with Crippen molar-refractivity contribution in [1.82, 2.24) is 0 Å². The van der Waals surface area contributed by atoms with Crippen LogP contribution in [0.1, 0.15) is 13.8 Å². The molecule has 0 aliphatic rings. The molecule has 0 heterocycles. The molecule has 0 aliphatic heterocycles. The van der Waals surface area contributed by atoms with Gasteiger partial charge in [-0.1, -0.05) is 12.1 Å². The van der Waals surface area contributed by atoms with E-state index in [4.69, 9.17) is 4.74 Å². The molecule has 18 heavy (non-hydrogen) atoms. The van der Waals surface area contributed by atoms with Crippen LogP contribution in [0, 0.1) is 11.6 Å². The maximum atomic E-state index is 13.2. The van der Waals surface area contributed by atoms with Crippen molar-refractivity contribution in [2.75, 3.05) is 0 Å². The topological polar surface area (TPSA) is 9.23 Å². The standard InChI is InChI=1S/C15H14F2O/c1-10(2)18-15-5-3-4-11(8-15)12-6-13(16)9-14(17)7-12/h3-10H,1-2H3. The van der Waals surface area contributed by atoms with Gasteiger partial charge in [-0.3, -0.25) is 0 Å². The zero-order chi connectivity index (χ0) is 13.1. The first kappa shape index (κ1) is 12.6. The van der Waals surface area contributed by atoms with Gasteiger partial charge < -0.3 is 4.74 Å². The highest BCUT2D eigenvalue weighted by Crippen LogP contribution is 2.25. The molecule has 0 fully saturated rings. The summed E-state index contributed by atoms with van der Waals surface area (Å²) in [7, 11) is 0. The Labute approximate surface area is 105 Å². The minimum atomic E-state index is -0.583. The maximum absolute atomic E-state index is 13.2. The summed E-state index contributed by atoms with van der Waals surface area (Å²) in [6.45, 7) is 3.85. The van der Waals surface area contributed by atoms with Crippen molar-refractivity contribution in [2.24, 2.45) is 0 Å². The molecule has 0 saturated carbocycles. The highest BCUT2D eigenvalue weighted by molar-refractivity contribution is 5.65. The first-order valence-electron chi connectivity index (χ1n) is 5.78. The Balaban J connectivity index is 2.38. The minimum absolute atomic E-state index is 0.0597. The Morgan fingerprint density at radius 3 is 2.17 bits per heavy atom. The lowest BCUT2D eigenvalue weighted by molar-refractivity contribution is 0.242. The molecule has 0 N–H and O–H groups in total. The SMILES string of the molecule is CC(C)Oc1cccc(-c2cc(F)cc(F)c2)c1. The molecule has 0 aliphatic carbocycles. The molecule has 94 valence electrons. The Bertz CT molecular complexity index is 530. The fourth-order valence-electron chi connectivity index (χ4n) is 1.74. The van der Waals surface area contributed by atoms with E-state index in [-0.39, 0.29) is 6.10 Å². The third-order valence-electron chi connectivity index (χ3n) is 2.40. The first-order chi connectivity index (χ1) is 8.54. The molecule has 0 saturated heterocycles. The van der Waals surface area contributed by atoms with Crippen molar-refractivity contribution >= 4 is 0 Å². The van der Waals surface area contributed by atoms with Crippen molar-refractivity contribution in [2.45, 2.75) is 20.0 Å². The minimum Gasteiger partial charge on any atom is -0.491 e. The van der Waals surface area contributed by atoms with E-state index in [1.807, 2.05) is 19.9 Å². The van der Waals surface area contributed by atoms with Crippen LogP contribution < -0.4 is 4.74 Å². The quantitative estimate of drug-likeness (QED) is 0.781. The zero-order valence-electron chi connectivity index (χ0n) is 10.3. The Morgan fingerprint density at radius 2 is 1.56 bits per heavy atom. The summed E-state index contributed by atoms with van der Waals surface area (Å²) in [4.78, 5) is 0. The molecule has 0 spiro atoms. The molecule has 2 aromatic rings. The molecule has 2 aromatic carbocycles. The molecular weight excluding hydrogens is 234 g/mol. The van der Waals surface area contributed by atoms with Gasteiger partial charge in [-0.15, -0.1) is 0 Å². The van der Waals surface area contributed by atoms with E-state index >= 15 is 0 Å². The van der Waals surface area contributed by atoms with Crippen LogP contribution in [0.3, 0.4) is 0 Å². The van der Waals surface area contributed by atoms with Crippen LogP contribution in [0.25, 0.3) is 11.1 Å². The third kappa shape index (κ3) is 3.06. The Morgan fingerprint density at radius 1 is 0.889 bits per heavy atom. The average Bonchev–Trinajstić information content (AvgIpc) is 2.27. The molecule has 0 bridgehead atoms. The van der Waals surface area contributed by atoms with Crippen molar-refractivity contribution in [3.63, 3.8) is 0 Å². The molecule has 2 rings (SSSR count). The second kappa shape index (κ2) is 5.17. The molecule has 0 aromatic heterocycles. The summed E-state index contributed by atoms with van der Waals surface area (Å²) >= 11 is 0. The predicted molar refractivity (Wildman–Crippen MR) is 67.6 cm³/mol. The van der Waals surface area contributed by atoms with Crippen molar-refractivity contribution in [1.29, 1.82) is 0 Å². The lowest BCUT2D eigenvalue weighted by Gasteiger charge is -2.11. The molecule has 0 atom stereocenters. The van der Waals surface area contributed by atoms with Crippen LogP contribution in [0.5, 0.6) is 5.75 Å².